The number of pyridine rings is 1. The van der Waals surface area contributed by atoms with Gasteiger partial charge in [0.25, 0.3) is 0 Å². The first kappa shape index (κ1) is 18.4. The molecule has 2 atom stereocenters. The maximum atomic E-state index is 5.16. The predicted molar refractivity (Wildman–Crippen MR) is 125 cm³/mol. The average Bonchev–Trinajstić information content (AvgIpc) is 3.47. The van der Waals surface area contributed by atoms with E-state index in [1.54, 1.807) is 6.20 Å². The topological polar surface area (TPSA) is 59.2 Å². The van der Waals surface area contributed by atoms with Crippen molar-refractivity contribution in [3.8, 4) is 0 Å². The van der Waals surface area contributed by atoms with E-state index >= 15 is 0 Å². The molecule has 6 heteroatoms. The Morgan fingerprint density at radius 1 is 0.688 bits per heavy atom. The fraction of sp³-hybridized carbons (Fsp3) is 0.0769. The van der Waals surface area contributed by atoms with Crippen molar-refractivity contribution in [1.82, 2.24) is 20.0 Å². The van der Waals surface area contributed by atoms with Crippen molar-refractivity contribution < 1.29 is 0 Å². The van der Waals surface area contributed by atoms with Crippen LogP contribution in [0.15, 0.2) is 115 Å². The second kappa shape index (κ2) is 7.74. The largest absolute Gasteiger partial charge is 0.264 e. The summed E-state index contributed by atoms with van der Waals surface area (Å²) in [6.45, 7) is 0. The van der Waals surface area contributed by atoms with Crippen LogP contribution in [0.3, 0.4) is 0 Å². The van der Waals surface area contributed by atoms with Crippen molar-refractivity contribution in [2.45, 2.75) is 12.1 Å². The van der Waals surface area contributed by atoms with Crippen molar-refractivity contribution >= 4 is 22.4 Å². The molecule has 32 heavy (non-hydrogen) atoms. The molecule has 2 aromatic heterocycles. The number of para-hydroxylation sites is 2. The predicted octanol–water partition coefficient (Wildman–Crippen LogP) is 5.03. The molecule has 1 aliphatic rings. The summed E-state index contributed by atoms with van der Waals surface area (Å²) >= 11 is 0. The van der Waals surface area contributed by atoms with E-state index < -0.39 is 0 Å². The van der Waals surface area contributed by atoms with Gasteiger partial charge in [-0.1, -0.05) is 71.9 Å². The number of aromatic nitrogens is 4. The average molecular weight is 416 g/mol. The Hall–Kier alpha value is -4.32. The van der Waals surface area contributed by atoms with Crippen LogP contribution in [0, 0.1) is 0 Å². The maximum Gasteiger partial charge on any atom is 0.125 e. The monoisotopic (exact) mass is 416 g/mol. The Balaban J connectivity index is 1.61. The molecule has 0 N–H and O–H groups in total. The van der Waals surface area contributed by atoms with Crippen LogP contribution in [0.2, 0.25) is 0 Å². The van der Waals surface area contributed by atoms with Crippen LogP contribution in [0.1, 0.15) is 23.2 Å². The van der Waals surface area contributed by atoms with Crippen LogP contribution in [0.4, 0.5) is 5.69 Å². The molecular weight excluding hydrogens is 396 g/mol. The van der Waals surface area contributed by atoms with Crippen molar-refractivity contribution in [3.05, 3.63) is 121 Å². The van der Waals surface area contributed by atoms with Crippen LogP contribution in [-0.4, -0.2) is 25.7 Å². The minimum absolute atomic E-state index is 0.133. The summed E-state index contributed by atoms with van der Waals surface area (Å²) in [5, 5.41) is 16.3. The highest BCUT2D eigenvalue weighted by Gasteiger charge is 2.42. The second-order valence-corrected chi connectivity index (χ2v) is 7.73. The Kier molecular flexibility index (Phi) is 4.46. The second-order valence-electron chi connectivity index (χ2n) is 7.73. The molecule has 3 aromatic carbocycles. The van der Waals surface area contributed by atoms with Gasteiger partial charge in [0.2, 0.25) is 0 Å². The Morgan fingerprint density at radius 3 is 2.22 bits per heavy atom. The lowest BCUT2D eigenvalue weighted by Gasteiger charge is -2.28. The van der Waals surface area contributed by atoms with Gasteiger partial charge in [0.15, 0.2) is 0 Å². The summed E-state index contributed by atoms with van der Waals surface area (Å²) < 4.78 is 2.00. The highest BCUT2D eigenvalue weighted by atomic mass is 15.5. The first-order chi connectivity index (χ1) is 15.9. The molecule has 0 saturated carbocycles. The van der Waals surface area contributed by atoms with E-state index in [4.69, 9.17) is 5.10 Å². The van der Waals surface area contributed by atoms with Gasteiger partial charge in [0, 0.05) is 18.0 Å². The molecule has 0 amide bonds. The molecule has 0 saturated heterocycles. The van der Waals surface area contributed by atoms with Crippen LogP contribution >= 0.6 is 0 Å². The summed E-state index contributed by atoms with van der Waals surface area (Å²) in [5.41, 5.74) is 5.92. The Bertz CT molecular complexity index is 1380. The van der Waals surface area contributed by atoms with Crippen LogP contribution in [-0.2, 0) is 0 Å². The van der Waals surface area contributed by atoms with Gasteiger partial charge in [0.1, 0.15) is 17.6 Å². The normalized spacial score (nSPS) is 18.1. The molecule has 0 aliphatic carbocycles. The quantitative estimate of drug-likeness (QED) is 0.412. The van der Waals surface area contributed by atoms with Crippen molar-refractivity contribution in [1.29, 1.82) is 0 Å². The van der Waals surface area contributed by atoms with Gasteiger partial charge < -0.3 is 0 Å². The third kappa shape index (κ3) is 3.04. The van der Waals surface area contributed by atoms with Crippen molar-refractivity contribution in [3.63, 3.8) is 0 Å². The van der Waals surface area contributed by atoms with Crippen molar-refractivity contribution in [2.24, 2.45) is 5.10 Å². The molecule has 6 rings (SSSR count). The summed E-state index contributed by atoms with van der Waals surface area (Å²) in [5.74, 6) is 0. The highest BCUT2D eigenvalue weighted by Crippen LogP contribution is 2.43. The SMILES string of the molecule is c1ccc(C2=NN(c3ccccc3)[C@H](c3cccnc3)[C@@H]2n2nnc3ccccc32)cc1. The van der Waals surface area contributed by atoms with Crippen LogP contribution in [0.5, 0.6) is 0 Å². The Morgan fingerprint density at radius 2 is 1.44 bits per heavy atom. The summed E-state index contributed by atoms with van der Waals surface area (Å²) in [6.07, 6.45) is 3.71. The summed E-state index contributed by atoms with van der Waals surface area (Å²) in [7, 11) is 0. The smallest absolute Gasteiger partial charge is 0.125 e. The van der Waals surface area contributed by atoms with E-state index in [1.807, 2.05) is 71.5 Å². The Labute approximate surface area is 185 Å². The van der Waals surface area contributed by atoms with E-state index in [0.29, 0.717) is 0 Å². The third-order valence-corrected chi connectivity index (χ3v) is 5.82. The molecule has 6 nitrogen and oxygen atoms in total. The molecule has 0 unspecified atom stereocenters. The number of rotatable bonds is 4. The zero-order valence-corrected chi connectivity index (χ0v) is 17.2. The standard InChI is InChI=1S/C26H20N6/c1-3-10-19(11-4-1)24-26(32-23-16-8-7-15-22(23)28-30-32)25(20-12-9-17-27-18-20)31(29-24)21-13-5-2-6-14-21/h1-18,25-26H/t25-,26-/m1/s1. The number of fused-ring (bicyclic) bond motifs is 1. The minimum Gasteiger partial charge on any atom is -0.264 e. The van der Waals surface area contributed by atoms with Gasteiger partial charge in [-0.25, -0.2) is 4.68 Å². The van der Waals surface area contributed by atoms with Crippen LogP contribution < -0.4 is 5.01 Å². The molecule has 0 bridgehead atoms. The molecular formula is C26H20N6. The molecule has 1 aliphatic heterocycles. The molecule has 5 aromatic rings. The van der Waals surface area contributed by atoms with Crippen LogP contribution in [0.25, 0.3) is 11.0 Å². The number of hydrogen-bond donors (Lipinski definition) is 0. The number of hydrazone groups is 1. The third-order valence-electron chi connectivity index (χ3n) is 5.82. The zero-order valence-electron chi connectivity index (χ0n) is 17.2. The number of benzene rings is 3. The molecule has 154 valence electrons. The van der Waals surface area contributed by atoms with E-state index in [1.165, 1.54) is 0 Å². The maximum absolute atomic E-state index is 5.16. The van der Waals surface area contributed by atoms with E-state index in [2.05, 4.69) is 56.7 Å². The molecule has 0 radical (unpaired) electrons. The first-order valence-corrected chi connectivity index (χ1v) is 10.6. The lowest BCUT2D eigenvalue weighted by Crippen LogP contribution is -2.29. The van der Waals surface area contributed by atoms with Gasteiger partial charge in [-0.05, 0) is 35.9 Å². The van der Waals surface area contributed by atoms with Crippen molar-refractivity contribution in [2.75, 3.05) is 5.01 Å². The van der Waals surface area contributed by atoms with Gasteiger partial charge >= 0.3 is 0 Å². The fourth-order valence-corrected chi connectivity index (χ4v) is 4.37. The van der Waals surface area contributed by atoms with Gasteiger partial charge in [-0.3, -0.25) is 9.99 Å². The fourth-order valence-electron chi connectivity index (χ4n) is 4.37. The van der Waals surface area contributed by atoms with Gasteiger partial charge in [-0.15, -0.1) is 5.10 Å². The number of hydrogen-bond acceptors (Lipinski definition) is 5. The van der Waals surface area contributed by atoms with Gasteiger partial charge in [0.05, 0.1) is 16.9 Å². The minimum atomic E-state index is -0.186. The molecule has 3 heterocycles. The summed E-state index contributed by atoms with van der Waals surface area (Å²) in [4.78, 5) is 4.41. The van der Waals surface area contributed by atoms with E-state index in [9.17, 15) is 0 Å². The molecule has 0 fully saturated rings. The van der Waals surface area contributed by atoms with E-state index in [0.717, 1.165) is 33.6 Å². The molecule has 0 spiro atoms. The van der Waals surface area contributed by atoms with Gasteiger partial charge in [-0.2, -0.15) is 5.10 Å². The lowest BCUT2D eigenvalue weighted by molar-refractivity contribution is 0.485. The lowest BCUT2D eigenvalue weighted by atomic mass is 9.93. The number of nitrogens with zero attached hydrogens (tertiary/aromatic N) is 6. The highest BCUT2D eigenvalue weighted by molar-refractivity contribution is 6.06. The zero-order chi connectivity index (χ0) is 21.3. The summed E-state index contributed by atoms with van der Waals surface area (Å²) in [6, 6.07) is 32.3. The number of anilines is 1. The first-order valence-electron chi connectivity index (χ1n) is 10.6. The van der Waals surface area contributed by atoms with E-state index in [-0.39, 0.29) is 12.1 Å².